The molecule has 0 unspecified atom stereocenters. The van der Waals surface area contributed by atoms with Gasteiger partial charge >= 0.3 is 0 Å². The molecular weight excluding hydrogens is 252 g/mol. The van der Waals surface area contributed by atoms with E-state index < -0.39 is 6.04 Å². The van der Waals surface area contributed by atoms with Crippen molar-refractivity contribution in [2.24, 2.45) is 11.7 Å². The Balaban J connectivity index is 1.87. The number of benzene rings is 1. The first-order chi connectivity index (χ1) is 9.60. The minimum atomic E-state index is -0.488. The van der Waals surface area contributed by atoms with Gasteiger partial charge in [-0.05, 0) is 42.9 Å². The number of phenolic OH excluding ortho intramolecular Hbond substituents is 1. The SMILES string of the molecule is CCC1CCN(C(=O)[C@@H](N)Cc2ccc(O)cc2)CC1. The Morgan fingerprint density at radius 3 is 2.50 bits per heavy atom. The molecule has 1 aromatic rings. The summed E-state index contributed by atoms with van der Waals surface area (Å²) in [4.78, 5) is 14.2. The van der Waals surface area contributed by atoms with Crippen LogP contribution in [0.4, 0.5) is 0 Å². The first kappa shape index (κ1) is 14.9. The average Bonchev–Trinajstić information content (AvgIpc) is 2.49. The van der Waals surface area contributed by atoms with Crippen molar-refractivity contribution >= 4 is 5.91 Å². The van der Waals surface area contributed by atoms with Crippen molar-refractivity contribution in [3.05, 3.63) is 29.8 Å². The summed E-state index contributed by atoms with van der Waals surface area (Å²) in [6.07, 6.45) is 3.90. The van der Waals surface area contributed by atoms with Crippen LogP contribution in [0.5, 0.6) is 5.75 Å². The van der Waals surface area contributed by atoms with Crippen molar-refractivity contribution < 1.29 is 9.90 Å². The summed E-state index contributed by atoms with van der Waals surface area (Å²) in [5.74, 6) is 1.04. The zero-order chi connectivity index (χ0) is 14.5. The minimum absolute atomic E-state index is 0.0487. The van der Waals surface area contributed by atoms with Crippen molar-refractivity contribution in [2.45, 2.75) is 38.6 Å². The molecule has 1 saturated heterocycles. The summed E-state index contributed by atoms with van der Waals surface area (Å²) in [7, 11) is 0. The van der Waals surface area contributed by atoms with Gasteiger partial charge < -0.3 is 15.7 Å². The van der Waals surface area contributed by atoms with E-state index in [1.807, 2.05) is 17.0 Å². The molecule has 0 radical (unpaired) electrons. The summed E-state index contributed by atoms with van der Waals surface area (Å²) in [5.41, 5.74) is 7.01. The van der Waals surface area contributed by atoms with E-state index in [9.17, 15) is 9.90 Å². The standard InChI is InChI=1S/C16H24N2O2/c1-2-12-7-9-18(10-8-12)16(20)15(17)11-13-3-5-14(19)6-4-13/h3-6,12,15,19H,2,7-11,17H2,1H3/t15-/m0/s1. The minimum Gasteiger partial charge on any atom is -0.508 e. The van der Waals surface area contributed by atoms with Gasteiger partial charge in [0.05, 0.1) is 6.04 Å². The lowest BCUT2D eigenvalue weighted by atomic mass is 9.94. The van der Waals surface area contributed by atoms with Crippen LogP contribution < -0.4 is 5.73 Å². The Hall–Kier alpha value is -1.55. The van der Waals surface area contributed by atoms with Gasteiger partial charge in [-0.2, -0.15) is 0 Å². The molecule has 2 rings (SSSR count). The van der Waals surface area contributed by atoms with E-state index >= 15 is 0 Å². The molecule has 1 aliphatic heterocycles. The van der Waals surface area contributed by atoms with Gasteiger partial charge in [-0.25, -0.2) is 0 Å². The number of likely N-dealkylation sites (tertiary alicyclic amines) is 1. The van der Waals surface area contributed by atoms with Crippen LogP contribution in [-0.2, 0) is 11.2 Å². The number of piperidine rings is 1. The molecule has 1 aliphatic rings. The maximum atomic E-state index is 12.3. The number of carbonyl (C=O) groups is 1. The van der Waals surface area contributed by atoms with E-state index in [2.05, 4.69) is 6.92 Å². The highest BCUT2D eigenvalue weighted by Gasteiger charge is 2.25. The summed E-state index contributed by atoms with van der Waals surface area (Å²) < 4.78 is 0. The van der Waals surface area contributed by atoms with Crippen molar-refractivity contribution in [1.29, 1.82) is 0 Å². The molecule has 0 aromatic heterocycles. The third kappa shape index (κ3) is 3.73. The van der Waals surface area contributed by atoms with Crippen molar-refractivity contribution in [3.8, 4) is 5.75 Å². The molecule has 1 heterocycles. The first-order valence-corrected chi connectivity index (χ1v) is 7.42. The Kier molecular flexibility index (Phi) is 5.01. The number of carbonyl (C=O) groups excluding carboxylic acids is 1. The van der Waals surface area contributed by atoms with Gasteiger partial charge in [-0.1, -0.05) is 25.5 Å². The number of amides is 1. The fraction of sp³-hybridized carbons (Fsp3) is 0.562. The quantitative estimate of drug-likeness (QED) is 0.883. The second-order valence-electron chi connectivity index (χ2n) is 5.65. The average molecular weight is 276 g/mol. The van der Waals surface area contributed by atoms with Crippen LogP contribution in [0.25, 0.3) is 0 Å². The Labute approximate surface area is 120 Å². The fourth-order valence-electron chi connectivity index (χ4n) is 2.77. The van der Waals surface area contributed by atoms with Gasteiger partial charge in [-0.15, -0.1) is 0 Å². The fourth-order valence-corrected chi connectivity index (χ4v) is 2.77. The van der Waals surface area contributed by atoms with E-state index in [0.717, 1.165) is 37.4 Å². The molecule has 4 nitrogen and oxygen atoms in total. The number of hydrogen-bond acceptors (Lipinski definition) is 3. The zero-order valence-corrected chi connectivity index (χ0v) is 12.1. The highest BCUT2D eigenvalue weighted by atomic mass is 16.3. The smallest absolute Gasteiger partial charge is 0.239 e. The number of hydrogen-bond donors (Lipinski definition) is 2. The third-order valence-corrected chi connectivity index (χ3v) is 4.21. The number of nitrogens with zero attached hydrogens (tertiary/aromatic N) is 1. The molecule has 1 fully saturated rings. The van der Waals surface area contributed by atoms with E-state index in [-0.39, 0.29) is 11.7 Å². The van der Waals surface area contributed by atoms with Crippen LogP contribution in [0.15, 0.2) is 24.3 Å². The summed E-state index contributed by atoms with van der Waals surface area (Å²) in [5, 5.41) is 9.25. The Morgan fingerprint density at radius 2 is 1.95 bits per heavy atom. The molecule has 0 bridgehead atoms. The zero-order valence-electron chi connectivity index (χ0n) is 12.1. The van der Waals surface area contributed by atoms with E-state index in [1.165, 1.54) is 6.42 Å². The Morgan fingerprint density at radius 1 is 1.35 bits per heavy atom. The molecule has 0 aliphatic carbocycles. The van der Waals surface area contributed by atoms with Crippen molar-refractivity contribution in [3.63, 3.8) is 0 Å². The van der Waals surface area contributed by atoms with Gasteiger partial charge in [0.2, 0.25) is 5.91 Å². The van der Waals surface area contributed by atoms with Crippen LogP contribution >= 0.6 is 0 Å². The number of rotatable bonds is 4. The maximum Gasteiger partial charge on any atom is 0.239 e. The maximum absolute atomic E-state index is 12.3. The molecule has 4 heteroatoms. The summed E-state index contributed by atoms with van der Waals surface area (Å²) >= 11 is 0. The lowest BCUT2D eigenvalue weighted by Gasteiger charge is -2.33. The van der Waals surface area contributed by atoms with Crippen molar-refractivity contribution in [1.82, 2.24) is 4.90 Å². The first-order valence-electron chi connectivity index (χ1n) is 7.42. The molecular formula is C16H24N2O2. The Bertz CT molecular complexity index is 436. The molecule has 1 aromatic carbocycles. The van der Waals surface area contributed by atoms with E-state index in [4.69, 9.17) is 5.73 Å². The van der Waals surface area contributed by atoms with Crippen LogP contribution in [0.2, 0.25) is 0 Å². The molecule has 0 saturated carbocycles. The van der Waals surface area contributed by atoms with Crippen LogP contribution in [0.1, 0.15) is 31.7 Å². The molecule has 1 atom stereocenters. The largest absolute Gasteiger partial charge is 0.508 e. The van der Waals surface area contributed by atoms with E-state index in [1.54, 1.807) is 12.1 Å². The number of nitrogens with two attached hydrogens (primary N) is 1. The molecule has 110 valence electrons. The topological polar surface area (TPSA) is 66.6 Å². The number of phenols is 1. The monoisotopic (exact) mass is 276 g/mol. The van der Waals surface area contributed by atoms with Gasteiger partial charge in [0, 0.05) is 13.1 Å². The van der Waals surface area contributed by atoms with Gasteiger partial charge in [0.25, 0.3) is 0 Å². The highest BCUT2D eigenvalue weighted by Crippen LogP contribution is 2.20. The second kappa shape index (κ2) is 6.75. The van der Waals surface area contributed by atoms with Crippen LogP contribution in [-0.4, -0.2) is 35.0 Å². The molecule has 20 heavy (non-hydrogen) atoms. The highest BCUT2D eigenvalue weighted by molar-refractivity contribution is 5.82. The molecule has 1 amide bonds. The normalized spacial score (nSPS) is 18.0. The van der Waals surface area contributed by atoms with Gasteiger partial charge in [-0.3, -0.25) is 4.79 Å². The number of aromatic hydroxyl groups is 1. The summed E-state index contributed by atoms with van der Waals surface area (Å²) in [6, 6.07) is 6.38. The lowest BCUT2D eigenvalue weighted by Crippen LogP contribution is -2.48. The second-order valence-corrected chi connectivity index (χ2v) is 5.65. The van der Waals surface area contributed by atoms with E-state index in [0.29, 0.717) is 6.42 Å². The van der Waals surface area contributed by atoms with Crippen LogP contribution in [0, 0.1) is 5.92 Å². The van der Waals surface area contributed by atoms with Crippen molar-refractivity contribution in [2.75, 3.05) is 13.1 Å². The predicted octanol–water partition coefficient (Wildman–Crippen LogP) is 1.91. The molecule has 0 spiro atoms. The molecule has 3 N–H and O–H groups in total. The van der Waals surface area contributed by atoms with Gasteiger partial charge in [0.1, 0.15) is 5.75 Å². The lowest BCUT2D eigenvalue weighted by molar-refractivity contribution is -0.134. The predicted molar refractivity (Wildman–Crippen MR) is 79.4 cm³/mol. The van der Waals surface area contributed by atoms with Crippen LogP contribution in [0.3, 0.4) is 0 Å². The third-order valence-electron chi connectivity index (χ3n) is 4.21. The summed E-state index contributed by atoms with van der Waals surface area (Å²) in [6.45, 7) is 3.87. The van der Waals surface area contributed by atoms with Gasteiger partial charge in [0.15, 0.2) is 0 Å².